The summed E-state index contributed by atoms with van der Waals surface area (Å²) in [5, 5.41) is 5.93. The third-order valence-corrected chi connectivity index (χ3v) is 6.75. The molecule has 2 aromatic carbocycles. The minimum absolute atomic E-state index is 0.0109. The van der Waals surface area contributed by atoms with Gasteiger partial charge in [0.2, 0.25) is 5.89 Å². The van der Waals surface area contributed by atoms with Gasteiger partial charge in [-0.15, -0.1) is 11.3 Å². The van der Waals surface area contributed by atoms with Crippen molar-refractivity contribution in [2.45, 2.75) is 25.7 Å². The summed E-state index contributed by atoms with van der Waals surface area (Å²) in [6, 6.07) is 12.1. The number of pyridine rings is 1. The van der Waals surface area contributed by atoms with Crippen LogP contribution in [-0.2, 0) is 12.7 Å². The van der Waals surface area contributed by atoms with Gasteiger partial charge in [0.05, 0.1) is 13.2 Å². The Morgan fingerprint density at radius 3 is 2.54 bits per heavy atom. The van der Waals surface area contributed by atoms with Gasteiger partial charge in [0.15, 0.2) is 11.5 Å². The number of methoxy groups -OCH3 is 1. The van der Waals surface area contributed by atoms with E-state index in [9.17, 15) is 18.0 Å². The number of amides is 1. The molecule has 8 nitrogen and oxygen atoms in total. The number of fused-ring (bicyclic) bond motifs is 1. The maximum Gasteiger partial charge on any atom is 0.433 e. The zero-order chi connectivity index (χ0) is 27.7. The highest BCUT2D eigenvalue weighted by molar-refractivity contribution is 7.13. The van der Waals surface area contributed by atoms with Crippen LogP contribution in [0.4, 0.5) is 13.2 Å². The van der Waals surface area contributed by atoms with Crippen molar-refractivity contribution in [3.8, 4) is 27.8 Å². The molecule has 3 aromatic heterocycles. The molecule has 0 saturated carbocycles. The summed E-state index contributed by atoms with van der Waals surface area (Å²) in [6.07, 6.45) is -2.89. The van der Waals surface area contributed by atoms with Crippen LogP contribution in [0.25, 0.3) is 32.9 Å². The van der Waals surface area contributed by atoms with Gasteiger partial charge in [0.25, 0.3) is 5.91 Å². The van der Waals surface area contributed by atoms with E-state index in [-0.39, 0.29) is 35.2 Å². The zero-order valence-corrected chi connectivity index (χ0v) is 21.6. The minimum atomic E-state index is -4.63. The fourth-order valence-corrected chi connectivity index (χ4v) is 4.66. The van der Waals surface area contributed by atoms with Crippen LogP contribution in [0.3, 0.4) is 0 Å². The molecule has 1 amide bonds. The summed E-state index contributed by atoms with van der Waals surface area (Å²) in [7, 11) is 1.34. The van der Waals surface area contributed by atoms with Crippen molar-refractivity contribution in [1.82, 2.24) is 20.3 Å². The van der Waals surface area contributed by atoms with Gasteiger partial charge in [-0.3, -0.25) is 4.79 Å². The van der Waals surface area contributed by atoms with Crippen molar-refractivity contribution < 1.29 is 27.1 Å². The first-order valence-corrected chi connectivity index (χ1v) is 12.6. The molecule has 0 spiro atoms. The van der Waals surface area contributed by atoms with E-state index in [1.54, 1.807) is 19.2 Å². The van der Waals surface area contributed by atoms with E-state index in [1.165, 1.54) is 30.6 Å². The normalized spacial score (nSPS) is 12.5. The molecule has 200 valence electrons. The number of nitrogens with two attached hydrogens (primary N) is 1. The second-order valence-electron chi connectivity index (χ2n) is 8.64. The lowest BCUT2D eigenvalue weighted by atomic mass is 10.1. The molecule has 5 rings (SSSR count). The average molecular weight is 554 g/mol. The molecule has 0 aliphatic rings. The van der Waals surface area contributed by atoms with Crippen LogP contribution in [0.2, 0.25) is 0 Å². The first-order chi connectivity index (χ1) is 18.7. The van der Waals surface area contributed by atoms with Gasteiger partial charge in [0, 0.05) is 34.6 Å². The summed E-state index contributed by atoms with van der Waals surface area (Å²) >= 11 is 1.53. The Balaban J connectivity index is 1.44. The highest BCUT2D eigenvalue weighted by Gasteiger charge is 2.33. The first kappa shape index (κ1) is 26.3. The van der Waals surface area contributed by atoms with Gasteiger partial charge in [0.1, 0.15) is 22.0 Å². The molecule has 3 N–H and O–H groups in total. The predicted octanol–water partition coefficient (Wildman–Crippen LogP) is 5.99. The van der Waals surface area contributed by atoms with Gasteiger partial charge in [-0.1, -0.05) is 24.3 Å². The lowest BCUT2D eigenvalue weighted by Crippen LogP contribution is -2.25. The number of aromatic nitrogens is 3. The number of alkyl halides is 3. The molecule has 12 heteroatoms. The van der Waals surface area contributed by atoms with Gasteiger partial charge in [-0.2, -0.15) is 13.2 Å². The smallest absolute Gasteiger partial charge is 0.433 e. The van der Waals surface area contributed by atoms with Crippen LogP contribution in [0.1, 0.15) is 40.5 Å². The van der Waals surface area contributed by atoms with Crippen LogP contribution >= 0.6 is 11.3 Å². The summed E-state index contributed by atoms with van der Waals surface area (Å²) in [5.41, 5.74) is 7.15. The summed E-state index contributed by atoms with van der Waals surface area (Å²) in [4.78, 5) is 25.5. The minimum Gasteiger partial charge on any atom is -0.494 e. The number of benzene rings is 2. The van der Waals surface area contributed by atoms with Crippen LogP contribution < -0.4 is 15.8 Å². The van der Waals surface area contributed by atoms with Gasteiger partial charge < -0.3 is 20.2 Å². The molecule has 39 heavy (non-hydrogen) atoms. The maximum absolute atomic E-state index is 13.3. The number of hydrogen-bond acceptors (Lipinski definition) is 8. The van der Waals surface area contributed by atoms with E-state index >= 15 is 0 Å². The van der Waals surface area contributed by atoms with Crippen molar-refractivity contribution >= 4 is 28.1 Å². The number of carbonyl (C=O) groups excluding carboxylic acids is 1. The third-order valence-electron chi connectivity index (χ3n) is 5.93. The molecule has 0 unspecified atom stereocenters. The Morgan fingerprint density at radius 2 is 1.90 bits per heavy atom. The molecule has 0 bridgehead atoms. The molecule has 0 radical (unpaired) electrons. The molecule has 0 fully saturated rings. The Morgan fingerprint density at radius 1 is 1.13 bits per heavy atom. The van der Waals surface area contributed by atoms with E-state index in [0.29, 0.717) is 10.9 Å². The predicted molar refractivity (Wildman–Crippen MR) is 140 cm³/mol. The number of ether oxygens (including phenoxy) is 1. The van der Waals surface area contributed by atoms with Gasteiger partial charge in [-0.25, -0.2) is 15.0 Å². The number of nitrogens with one attached hydrogen (secondary N) is 1. The van der Waals surface area contributed by atoms with Gasteiger partial charge in [-0.05, 0) is 36.8 Å². The highest BCUT2D eigenvalue weighted by Crippen LogP contribution is 2.37. The highest BCUT2D eigenvalue weighted by atomic mass is 32.1. The van der Waals surface area contributed by atoms with Crippen molar-refractivity contribution in [1.29, 1.82) is 0 Å². The molecule has 0 aliphatic heterocycles. The topological polar surface area (TPSA) is 116 Å². The van der Waals surface area contributed by atoms with Crippen LogP contribution in [0.5, 0.6) is 5.75 Å². The number of halogens is 3. The molecule has 0 aliphatic carbocycles. The molecular weight excluding hydrogens is 531 g/mol. The number of carbonyl (C=O) groups is 1. The van der Waals surface area contributed by atoms with Crippen LogP contribution in [0.15, 0.2) is 64.5 Å². The number of oxazole rings is 1. The largest absolute Gasteiger partial charge is 0.494 e. The fourth-order valence-electron chi connectivity index (χ4n) is 4.02. The standard InChI is InChI=1S/C27H22F3N5O3S/c1-14(31)23-22(24(36)33-13-15-3-5-16(6-4-15)26-32-11-12-39-26)35-25(38-23)18-7-9-19(37-2)21-17(18)8-10-20(34-21)27(28,29)30/h3-12,14H,13,31H2,1-2H3,(H,33,36)/t14-/m0/s1. The maximum atomic E-state index is 13.3. The van der Waals surface area contributed by atoms with Crippen molar-refractivity contribution in [3.05, 3.63) is 82.8 Å². The average Bonchev–Trinajstić information content (AvgIpc) is 3.62. The Bertz CT molecular complexity index is 1630. The molecule has 1 atom stereocenters. The second-order valence-corrected chi connectivity index (χ2v) is 9.54. The van der Waals surface area contributed by atoms with E-state index in [4.69, 9.17) is 14.9 Å². The molecule has 3 heterocycles. The number of rotatable bonds is 7. The second kappa shape index (κ2) is 10.5. The van der Waals surface area contributed by atoms with E-state index in [1.807, 2.05) is 29.6 Å². The molecular formula is C27H22F3N5O3S. The molecule has 0 saturated heterocycles. The number of hydrogen-bond donors (Lipinski definition) is 2. The Labute approximate surface area is 224 Å². The van der Waals surface area contributed by atoms with Gasteiger partial charge >= 0.3 is 6.18 Å². The number of thiazole rings is 1. The van der Waals surface area contributed by atoms with Crippen molar-refractivity contribution in [2.24, 2.45) is 5.73 Å². The van der Waals surface area contributed by atoms with Crippen LogP contribution in [-0.4, -0.2) is 28.0 Å². The summed E-state index contributed by atoms with van der Waals surface area (Å²) in [5.74, 6) is -0.186. The summed E-state index contributed by atoms with van der Waals surface area (Å²) in [6.45, 7) is 1.87. The first-order valence-electron chi connectivity index (χ1n) is 11.7. The summed E-state index contributed by atoms with van der Waals surface area (Å²) < 4.78 is 51.0. The fraction of sp³-hybridized carbons (Fsp3) is 0.185. The van der Waals surface area contributed by atoms with E-state index in [0.717, 1.165) is 22.2 Å². The monoisotopic (exact) mass is 553 g/mol. The van der Waals surface area contributed by atoms with Crippen molar-refractivity contribution in [3.63, 3.8) is 0 Å². The quantitative estimate of drug-likeness (QED) is 0.254. The Kier molecular flexibility index (Phi) is 7.06. The number of nitrogens with zero attached hydrogens (tertiary/aromatic N) is 3. The van der Waals surface area contributed by atoms with E-state index in [2.05, 4.69) is 20.3 Å². The van der Waals surface area contributed by atoms with Crippen molar-refractivity contribution in [2.75, 3.05) is 7.11 Å². The molecule has 5 aromatic rings. The lowest BCUT2D eigenvalue weighted by molar-refractivity contribution is -0.140. The lowest BCUT2D eigenvalue weighted by Gasteiger charge is -2.11. The zero-order valence-electron chi connectivity index (χ0n) is 20.7. The van der Waals surface area contributed by atoms with Crippen LogP contribution in [0, 0.1) is 0 Å². The SMILES string of the molecule is COc1ccc(-c2nc(C(=O)NCc3ccc(-c4nccs4)cc3)c([C@H](C)N)o2)c2ccc(C(F)(F)F)nc12. The van der Waals surface area contributed by atoms with E-state index < -0.39 is 23.8 Å². The Hall–Kier alpha value is -4.29. The third kappa shape index (κ3) is 5.33.